The van der Waals surface area contributed by atoms with E-state index < -0.39 is 0 Å². The van der Waals surface area contributed by atoms with Gasteiger partial charge in [0.2, 0.25) is 5.91 Å². The lowest BCUT2D eigenvalue weighted by Gasteiger charge is -2.25. The number of likely N-dealkylation sites (tertiary alicyclic amines) is 1. The van der Waals surface area contributed by atoms with Crippen molar-refractivity contribution in [2.75, 3.05) is 6.54 Å². The quantitative estimate of drug-likeness (QED) is 0.872. The number of nitrogens with zero attached hydrogens (tertiary/aromatic N) is 1. The Kier molecular flexibility index (Phi) is 5.06. The highest BCUT2D eigenvalue weighted by molar-refractivity contribution is 7.80. The Morgan fingerprint density at radius 3 is 2.80 bits per heavy atom. The maximum absolute atomic E-state index is 13.3. The van der Waals surface area contributed by atoms with Crippen LogP contribution in [0.15, 0.2) is 18.2 Å². The van der Waals surface area contributed by atoms with Gasteiger partial charge in [-0.25, -0.2) is 4.39 Å². The largest absolute Gasteiger partial charge is 0.389 e. The summed E-state index contributed by atoms with van der Waals surface area (Å²) in [7, 11) is 0. The van der Waals surface area contributed by atoms with Crippen LogP contribution in [-0.4, -0.2) is 22.3 Å². The fourth-order valence-electron chi connectivity index (χ4n) is 2.50. The molecule has 1 aromatic rings. The number of hydrogen-bond acceptors (Lipinski definition) is 2. The van der Waals surface area contributed by atoms with Crippen molar-refractivity contribution in [2.24, 2.45) is 5.73 Å². The Bertz CT molecular complexity index is 519. The molecule has 0 aromatic heterocycles. The van der Waals surface area contributed by atoms with E-state index in [0.29, 0.717) is 18.5 Å². The van der Waals surface area contributed by atoms with Gasteiger partial charge in [0.1, 0.15) is 10.8 Å². The standard InChI is InChI=1S/C15H19FN2OS/c16-12-7-6-11(13(9-12)15(17)20)10-18-8-4-2-1-3-5-14(18)19/h6-7,9H,1-5,8,10H2,(H2,17,20). The zero-order valence-corrected chi connectivity index (χ0v) is 12.2. The number of benzene rings is 1. The topological polar surface area (TPSA) is 46.3 Å². The van der Waals surface area contributed by atoms with Crippen molar-refractivity contribution < 1.29 is 9.18 Å². The summed E-state index contributed by atoms with van der Waals surface area (Å²) < 4.78 is 13.3. The van der Waals surface area contributed by atoms with Crippen molar-refractivity contribution in [2.45, 2.75) is 38.6 Å². The average Bonchev–Trinajstić information content (AvgIpc) is 2.40. The number of carbonyl (C=O) groups is 1. The number of amides is 1. The van der Waals surface area contributed by atoms with Gasteiger partial charge in [-0.3, -0.25) is 4.79 Å². The molecule has 0 atom stereocenters. The van der Waals surface area contributed by atoms with Gasteiger partial charge in [-0.1, -0.05) is 31.1 Å². The van der Waals surface area contributed by atoms with E-state index >= 15 is 0 Å². The van der Waals surface area contributed by atoms with Crippen LogP contribution in [-0.2, 0) is 11.3 Å². The Balaban J connectivity index is 2.19. The molecule has 108 valence electrons. The molecule has 1 aromatic carbocycles. The van der Waals surface area contributed by atoms with Crippen LogP contribution >= 0.6 is 12.2 Å². The number of carbonyl (C=O) groups excluding carboxylic acids is 1. The number of halogens is 1. The van der Waals surface area contributed by atoms with E-state index in [1.165, 1.54) is 12.1 Å². The van der Waals surface area contributed by atoms with Gasteiger partial charge in [-0.15, -0.1) is 0 Å². The van der Waals surface area contributed by atoms with Gasteiger partial charge in [0, 0.05) is 25.1 Å². The minimum Gasteiger partial charge on any atom is -0.389 e. The molecule has 2 N–H and O–H groups in total. The van der Waals surface area contributed by atoms with E-state index in [-0.39, 0.29) is 16.7 Å². The zero-order valence-electron chi connectivity index (χ0n) is 11.4. The van der Waals surface area contributed by atoms with E-state index in [9.17, 15) is 9.18 Å². The van der Waals surface area contributed by atoms with E-state index in [1.54, 1.807) is 6.07 Å². The van der Waals surface area contributed by atoms with Crippen LogP contribution < -0.4 is 5.73 Å². The summed E-state index contributed by atoms with van der Waals surface area (Å²) in [6, 6.07) is 4.38. The third-order valence-corrected chi connectivity index (χ3v) is 3.84. The van der Waals surface area contributed by atoms with Crippen molar-refractivity contribution >= 4 is 23.1 Å². The van der Waals surface area contributed by atoms with Crippen molar-refractivity contribution in [3.63, 3.8) is 0 Å². The molecule has 0 spiro atoms. The molecule has 0 bridgehead atoms. The Morgan fingerprint density at radius 1 is 1.30 bits per heavy atom. The minimum absolute atomic E-state index is 0.155. The van der Waals surface area contributed by atoms with Crippen LogP contribution in [0.2, 0.25) is 0 Å². The molecule has 5 heteroatoms. The molecular formula is C15H19FN2OS. The smallest absolute Gasteiger partial charge is 0.222 e. The number of nitrogens with two attached hydrogens (primary N) is 1. The average molecular weight is 294 g/mol. The molecule has 1 aliphatic rings. The summed E-state index contributed by atoms with van der Waals surface area (Å²) in [6.45, 7) is 1.19. The predicted molar refractivity (Wildman–Crippen MR) is 80.8 cm³/mol. The third-order valence-electron chi connectivity index (χ3n) is 3.62. The molecule has 0 aliphatic carbocycles. The van der Waals surface area contributed by atoms with Gasteiger partial charge in [-0.2, -0.15) is 0 Å². The SMILES string of the molecule is NC(=S)c1cc(F)ccc1CN1CCCCCCC1=O. The molecule has 0 radical (unpaired) electrons. The van der Waals surface area contributed by atoms with E-state index in [4.69, 9.17) is 18.0 Å². The molecule has 0 saturated carbocycles. The molecule has 1 heterocycles. The fraction of sp³-hybridized carbons (Fsp3) is 0.467. The first kappa shape index (κ1) is 14.9. The van der Waals surface area contributed by atoms with Gasteiger partial charge in [0.25, 0.3) is 0 Å². The van der Waals surface area contributed by atoms with Crippen LogP contribution in [0.5, 0.6) is 0 Å². The molecular weight excluding hydrogens is 275 g/mol. The second-order valence-corrected chi connectivity index (χ2v) is 5.59. The second kappa shape index (κ2) is 6.79. The van der Waals surface area contributed by atoms with Gasteiger partial charge >= 0.3 is 0 Å². The van der Waals surface area contributed by atoms with Crippen molar-refractivity contribution in [3.05, 3.63) is 35.1 Å². The monoisotopic (exact) mass is 294 g/mol. The molecule has 2 rings (SSSR count). The van der Waals surface area contributed by atoms with Crippen molar-refractivity contribution in [3.8, 4) is 0 Å². The molecule has 0 unspecified atom stereocenters. The maximum Gasteiger partial charge on any atom is 0.222 e. The van der Waals surface area contributed by atoms with Gasteiger partial charge < -0.3 is 10.6 Å². The van der Waals surface area contributed by atoms with Crippen molar-refractivity contribution in [1.82, 2.24) is 4.90 Å². The lowest BCUT2D eigenvalue weighted by atomic mass is 10.0. The van der Waals surface area contributed by atoms with Crippen LogP contribution in [0.25, 0.3) is 0 Å². The molecule has 1 fully saturated rings. The van der Waals surface area contributed by atoms with Gasteiger partial charge in [0.05, 0.1) is 0 Å². The predicted octanol–water partition coefficient (Wildman–Crippen LogP) is 2.75. The lowest BCUT2D eigenvalue weighted by molar-refractivity contribution is -0.132. The lowest BCUT2D eigenvalue weighted by Crippen LogP contribution is -2.33. The van der Waals surface area contributed by atoms with E-state index in [1.807, 2.05) is 4.90 Å². The molecule has 1 saturated heterocycles. The molecule has 20 heavy (non-hydrogen) atoms. The van der Waals surface area contributed by atoms with Crippen molar-refractivity contribution in [1.29, 1.82) is 0 Å². The number of rotatable bonds is 3. The number of thiocarbonyl (C=S) groups is 1. The Hall–Kier alpha value is -1.49. The Labute approximate surface area is 123 Å². The Morgan fingerprint density at radius 2 is 2.05 bits per heavy atom. The normalized spacial score (nSPS) is 16.6. The van der Waals surface area contributed by atoms with Gasteiger partial charge in [-0.05, 0) is 30.5 Å². The molecule has 3 nitrogen and oxygen atoms in total. The minimum atomic E-state index is -0.365. The highest BCUT2D eigenvalue weighted by Gasteiger charge is 2.18. The summed E-state index contributed by atoms with van der Waals surface area (Å²) in [6.07, 6.45) is 4.81. The van der Waals surface area contributed by atoms with Crippen LogP contribution in [0.4, 0.5) is 4.39 Å². The number of hydrogen-bond donors (Lipinski definition) is 1. The summed E-state index contributed by atoms with van der Waals surface area (Å²) in [5.74, 6) is -0.210. The van der Waals surface area contributed by atoms with E-state index in [2.05, 4.69) is 0 Å². The summed E-state index contributed by atoms with van der Waals surface area (Å²) in [5, 5.41) is 0. The molecule has 1 aliphatic heterocycles. The highest BCUT2D eigenvalue weighted by Crippen LogP contribution is 2.18. The third kappa shape index (κ3) is 3.76. The highest BCUT2D eigenvalue weighted by atomic mass is 32.1. The fourth-order valence-corrected chi connectivity index (χ4v) is 2.69. The van der Waals surface area contributed by atoms with Crippen LogP contribution in [0, 0.1) is 5.82 Å². The van der Waals surface area contributed by atoms with Gasteiger partial charge in [0.15, 0.2) is 0 Å². The second-order valence-electron chi connectivity index (χ2n) is 5.15. The molecule has 1 amide bonds. The van der Waals surface area contributed by atoms with E-state index in [0.717, 1.165) is 37.8 Å². The first-order valence-corrected chi connectivity index (χ1v) is 7.35. The first-order chi connectivity index (χ1) is 9.58. The van der Waals surface area contributed by atoms with Crippen LogP contribution in [0.1, 0.15) is 43.2 Å². The summed E-state index contributed by atoms with van der Waals surface area (Å²) in [4.78, 5) is 14.1. The zero-order chi connectivity index (χ0) is 14.5. The van der Waals surface area contributed by atoms with Crippen LogP contribution in [0.3, 0.4) is 0 Å². The maximum atomic E-state index is 13.3. The summed E-state index contributed by atoms with van der Waals surface area (Å²) >= 11 is 4.96. The first-order valence-electron chi connectivity index (χ1n) is 6.94. The summed E-state index contributed by atoms with van der Waals surface area (Å²) in [5.41, 5.74) is 6.98.